The molecular weight excluding hydrogens is 1190 g/mol. The van der Waals surface area contributed by atoms with Crippen molar-refractivity contribution in [1.29, 1.82) is 0 Å². The maximum absolute atomic E-state index is 13.0. The molecule has 0 aromatic rings. The molecule has 5 atom stereocenters. The molecule has 0 aliphatic carbocycles. The number of carbonyl (C=O) groups excluding carboxylic acids is 4. The van der Waals surface area contributed by atoms with Gasteiger partial charge in [-0.1, -0.05) is 311 Å². The first-order chi connectivity index (χ1) is 43.4. The van der Waals surface area contributed by atoms with Crippen molar-refractivity contribution >= 4 is 39.5 Å². The fraction of sp³-hybridized carbons (Fsp3) is 0.944. The van der Waals surface area contributed by atoms with Gasteiger partial charge in [-0.15, -0.1) is 0 Å². The summed E-state index contributed by atoms with van der Waals surface area (Å²) in [4.78, 5) is 72.5. The van der Waals surface area contributed by atoms with Crippen LogP contribution in [-0.2, 0) is 65.4 Å². The summed E-state index contributed by atoms with van der Waals surface area (Å²) in [6.45, 7) is 9.48. The molecule has 3 N–H and O–H groups in total. The van der Waals surface area contributed by atoms with E-state index in [1.807, 2.05) is 0 Å². The van der Waals surface area contributed by atoms with Gasteiger partial charge in [0.25, 0.3) is 0 Å². The molecule has 0 heterocycles. The number of phosphoric acid groups is 2. The molecular formula is C71H138O17P2. The minimum Gasteiger partial charge on any atom is -0.462 e. The molecule has 17 nitrogen and oxygen atoms in total. The third-order valence-electron chi connectivity index (χ3n) is 16.5. The molecule has 0 rings (SSSR count). The number of ether oxygens (including phenoxy) is 4. The van der Waals surface area contributed by atoms with Crippen LogP contribution in [0.5, 0.6) is 0 Å². The van der Waals surface area contributed by atoms with Gasteiger partial charge in [-0.2, -0.15) is 0 Å². The quantitative estimate of drug-likeness (QED) is 0.0222. The van der Waals surface area contributed by atoms with E-state index < -0.39 is 97.5 Å². The zero-order chi connectivity index (χ0) is 66.5. The van der Waals surface area contributed by atoms with Gasteiger partial charge in [0, 0.05) is 25.7 Å². The topological polar surface area (TPSA) is 237 Å². The van der Waals surface area contributed by atoms with Crippen molar-refractivity contribution in [2.24, 2.45) is 11.8 Å². The second-order valence-corrected chi connectivity index (χ2v) is 29.5. The first kappa shape index (κ1) is 88.1. The van der Waals surface area contributed by atoms with E-state index in [2.05, 4.69) is 41.5 Å². The number of hydrogen-bond acceptors (Lipinski definition) is 15. The Morgan fingerprint density at radius 2 is 0.511 bits per heavy atom. The maximum atomic E-state index is 13.0. The fourth-order valence-corrected chi connectivity index (χ4v) is 12.3. The second kappa shape index (κ2) is 63.1. The summed E-state index contributed by atoms with van der Waals surface area (Å²) in [5.74, 6) is -0.655. The highest BCUT2D eigenvalue weighted by atomic mass is 31.2. The minimum absolute atomic E-state index is 0.102. The summed E-state index contributed by atoms with van der Waals surface area (Å²) in [7, 11) is -9.90. The average molecular weight is 1330 g/mol. The Morgan fingerprint density at radius 1 is 0.300 bits per heavy atom. The first-order valence-corrected chi connectivity index (χ1v) is 40.0. The van der Waals surface area contributed by atoms with Crippen LogP contribution in [0.4, 0.5) is 0 Å². The van der Waals surface area contributed by atoms with Gasteiger partial charge in [0.05, 0.1) is 26.4 Å². The molecule has 0 aromatic heterocycles. The molecule has 90 heavy (non-hydrogen) atoms. The molecule has 0 amide bonds. The van der Waals surface area contributed by atoms with E-state index >= 15 is 0 Å². The van der Waals surface area contributed by atoms with Gasteiger partial charge in [-0.05, 0) is 37.5 Å². The van der Waals surface area contributed by atoms with E-state index in [1.54, 1.807) is 0 Å². The van der Waals surface area contributed by atoms with E-state index in [0.717, 1.165) is 95.8 Å². The van der Waals surface area contributed by atoms with Crippen molar-refractivity contribution in [3.8, 4) is 0 Å². The summed E-state index contributed by atoms with van der Waals surface area (Å²) in [6.07, 6.45) is 48.7. The molecule has 0 bridgehead atoms. The van der Waals surface area contributed by atoms with Gasteiger partial charge in [-0.3, -0.25) is 37.3 Å². The highest BCUT2D eigenvalue weighted by Gasteiger charge is 2.30. The molecule has 0 aliphatic heterocycles. The van der Waals surface area contributed by atoms with E-state index in [1.165, 1.54) is 180 Å². The number of rotatable bonds is 70. The third kappa shape index (κ3) is 64.8. The summed E-state index contributed by atoms with van der Waals surface area (Å²) in [6, 6.07) is 0. The maximum Gasteiger partial charge on any atom is 0.472 e. The molecule has 0 saturated carbocycles. The van der Waals surface area contributed by atoms with Crippen molar-refractivity contribution in [3.63, 3.8) is 0 Å². The monoisotopic (exact) mass is 1320 g/mol. The van der Waals surface area contributed by atoms with Gasteiger partial charge in [0.1, 0.15) is 19.3 Å². The van der Waals surface area contributed by atoms with Crippen LogP contribution < -0.4 is 0 Å². The number of hydrogen-bond donors (Lipinski definition) is 3. The standard InChI is InChI=1S/C71H138O17P2/c1-7-9-11-13-15-17-18-19-24-27-31-35-42-48-54-69(74)82-59-66(87-70(75)55-49-43-36-32-28-25-22-20-21-23-26-30-33-39-45-51-63(3)4)61-85-89(77,78)83-57-65(72)58-84-90(79,80)86-62-67(88-71(76)56-50-44-38-37-40-46-52-64(5)6)60-81-68(73)53-47-41-34-29-16-14-12-10-8-2/h63-67,72H,7-62H2,1-6H3,(H,77,78)(H,79,80)/t65-,66-,67-/m1/s1. The number of aliphatic hydroxyl groups excluding tert-OH is 1. The predicted molar refractivity (Wildman–Crippen MR) is 363 cm³/mol. The number of unbranched alkanes of at least 4 members (excludes halogenated alkanes) is 40. The molecule has 0 aromatic carbocycles. The molecule has 0 radical (unpaired) electrons. The van der Waals surface area contributed by atoms with Gasteiger partial charge >= 0.3 is 39.5 Å². The molecule has 2 unspecified atom stereocenters. The Hall–Kier alpha value is -1.94. The van der Waals surface area contributed by atoms with Crippen LogP contribution in [0.15, 0.2) is 0 Å². The Balaban J connectivity index is 5.20. The van der Waals surface area contributed by atoms with Gasteiger partial charge in [-0.25, -0.2) is 9.13 Å². The summed E-state index contributed by atoms with van der Waals surface area (Å²) >= 11 is 0. The fourth-order valence-electron chi connectivity index (χ4n) is 10.8. The van der Waals surface area contributed by atoms with Crippen LogP contribution in [0.2, 0.25) is 0 Å². The van der Waals surface area contributed by atoms with Crippen molar-refractivity contribution in [2.45, 2.75) is 381 Å². The lowest BCUT2D eigenvalue weighted by Crippen LogP contribution is -2.30. The van der Waals surface area contributed by atoms with Crippen LogP contribution >= 0.6 is 15.6 Å². The highest BCUT2D eigenvalue weighted by molar-refractivity contribution is 7.47. The second-order valence-electron chi connectivity index (χ2n) is 26.6. The zero-order valence-electron chi connectivity index (χ0n) is 58.4. The minimum atomic E-state index is -4.95. The molecule has 19 heteroatoms. The average Bonchev–Trinajstić information content (AvgIpc) is 3.08. The molecule has 534 valence electrons. The smallest absolute Gasteiger partial charge is 0.462 e. The van der Waals surface area contributed by atoms with E-state index in [4.69, 9.17) is 37.0 Å². The molecule has 0 aliphatic rings. The van der Waals surface area contributed by atoms with Crippen LogP contribution in [-0.4, -0.2) is 96.7 Å². The van der Waals surface area contributed by atoms with Crippen LogP contribution in [0.25, 0.3) is 0 Å². The Morgan fingerprint density at radius 3 is 0.756 bits per heavy atom. The lowest BCUT2D eigenvalue weighted by Gasteiger charge is -2.21. The highest BCUT2D eigenvalue weighted by Crippen LogP contribution is 2.45. The number of aliphatic hydroxyl groups is 1. The Labute approximate surface area is 549 Å². The third-order valence-corrected chi connectivity index (χ3v) is 18.4. The van der Waals surface area contributed by atoms with Crippen LogP contribution in [0.1, 0.15) is 363 Å². The molecule has 0 spiro atoms. The summed E-state index contributed by atoms with van der Waals surface area (Å²) in [5, 5.41) is 10.6. The number of phosphoric ester groups is 2. The van der Waals surface area contributed by atoms with Gasteiger partial charge in [0.2, 0.25) is 0 Å². The van der Waals surface area contributed by atoms with Gasteiger partial charge < -0.3 is 33.8 Å². The largest absolute Gasteiger partial charge is 0.472 e. The molecule has 0 saturated heterocycles. The number of esters is 4. The van der Waals surface area contributed by atoms with E-state index in [9.17, 15) is 43.2 Å². The lowest BCUT2D eigenvalue weighted by atomic mass is 10.0. The Kier molecular flexibility index (Phi) is 61.8. The van der Waals surface area contributed by atoms with Crippen molar-refractivity contribution in [2.75, 3.05) is 39.6 Å². The Bertz CT molecular complexity index is 1750. The first-order valence-electron chi connectivity index (χ1n) is 37.0. The lowest BCUT2D eigenvalue weighted by molar-refractivity contribution is -0.161. The summed E-state index contributed by atoms with van der Waals surface area (Å²) in [5.41, 5.74) is 0. The van der Waals surface area contributed by atoms with Crippen molar-refractivity contribution in [1.82, 2.24) is 0 Å². The van der Waals surface area contributed by atoms with Crippen LogP contribution in [0, 0.1) is 11.8 Å². The van der Waals surface area contributed by atoms with E-state index in [0.29, 0.717) is 31.6 Å². The van der Waals surface area contributed by atoms with Crippen molar-refractivity contribution in [3.05, 3.63) is 0 Å². The van der Waals surface area contributed by atoms with Crippen molar-refractivity contribution < 1.29 is 80.2 Å². The van der Waals surface area contributed by atoms with Crippen LogP contribution in [0.3, 0.4) is 0 Å². The zero-order valence-corrected chi connectivity index (χ0v) is 60.2. The SMILES string of the molecule is CCCCCCCCCCCCCCCCC(=O)OC[C@H](COP(=O)(O)OC[C@@H](O)COP(=O)(O)OC[C@@H](COC(=O)CCCCCCCCCCC)OC(=O)CCCCCCCCC(C)C)OC(=O)CCCCCCCCCCCCCCCCCC(C)C. The van der Waals surface area contributed by atoms with Gasteiger partial charge in [0.15, 0.2) is 12.2 Å². The normalized spacial score (nSPS) is 14.1. The van der Waals surface area contributed by atoms with E-state index in [-0.39, 0.29) is 25.7 Å². The predicted octanol–water partition coefficient (Wildman–Crippen LogP) is 20.4. The number of carbonyl (C=O) groups is 4. The summed E-state index contributed by atoms with van der Waals surface area (Å²) < 4.78 is 68.2. The molecule has 0 fully saturated rings.